The average molecular weight is 361 g/mol. The Kier molecular flexibility index (Phi) is 5.03. The molecule has 0 aliphatic heterocycles. The molecule has 0 spiro atoms. The van der Waals surface area contributed by atoms with Gasteiger partial charge in [-0.3, -0.25) is 0 Å². The highest BCUT2D eigenvalue weighted by Crippen LogP contribution is 2.33. The molecule has 0 aliphatic rings. The normalized spacial score (nSPS) is 11.5. The maximum Gasteiger partial charge on any atom is 0.196 e. The zero-order chi connectivity index (χ0) is 18.6. The first kappa shape index (κ1) is 17.5. The third-order valence-corrected chi connectivity index (χ3v) is 4.32. The Morgan fingerprint density at radius 3 is 2.59 bits per heavy atom. The number of nitrogens with one attached hydrogen (secondary N) is 1. The van der Waals surface area contributed by atoms with Gasteiger partial charge in [0.05, 0.1) is 6.10 Å². The number of aromatic nitrogens is 2. The second kappa shape index (κ2) is 7.76. The van der Waals surface area contributed by atoms with Crippen molar-refractivity contribution in [1.29, 1.82) is 0 Å². The van der Waals surface area contributed by atoms with E-state index in [1.54, 1.807) is 0 Å². The molecule has 0 saturated carbocycles. The Bertz CT molecular complexity index is 1040. The van der Waals surface area contributed by atoms with Gasteiger partial charge in [-0.2, -0.15) is 0 Å². The smallest absolute Gasteiger partial charge is 0.196 e. The average Bonchev–Trinajstić information content (AvgIpc) is 3.07. The molecule has 1 N–H and O–H groups in total. The van der Waals surface area contributed by atoms with Crippen molar-refractivity contribution in [3.8, 4) is 11.4 Å². The highest BCUT2D eigenvalue weighted by molar-refractivity contribution is 6.06. The maximum atomic E-state index is 6.05. The molecule has 2 aromatic heterocycles. The van der Waals surface area contributed by atoms with Gasteiger partial charge in [-0.15, -0.1) is 0 Å². The van der Waals surface area contributed by atoms with Crippen LogP contribution in [0.3, 0.4) is 0 Å². The minimum Gasteiger partial charge on any atom is -0.450 e. The molecule has 2 heterocycles. The molecular formula is C22H23N3O2. The molecule has 0 bridgehead atoms. The Morgan fingerprint density at radius 1 is 1.00 bits per heavy atom. The number of para-hydroxylation sites is 1. The lowest BCUT2D eigenvalue weighted by atomic mass is 10.2. The van der Waals surface area contributed by atoms with Gasteiger partial charge in [-0.05, 0) is 32.4 Å². The van der Waals surface area contributed by atoms with E-state index in [1.165, 1.54) is 0 Å². The number of furan rings is 1. The predicted molar refractivity (Wildman–Crippen MR) is 109 cm³/mol. The standard InChI is InChI=1S/C22H23N3O2/c1-15(2)26-14-8-13-23-22-20-19(17-11-6-7-12-18(17)27-20)24-21(25-22)16-9-4-3-5-10-16/h3-7,9-12,15H,8,13-14H2,1-2H3,(H,23,24,25). The van der Waals surface area contributed by atoms with E-state index in [0.717, 1.165) is 40.8 Å². The minimum atomic E-state index is 0.246. The second-order valence-electron chi connectivity index (χ2n) is 6.74. The van der Waals surface area contributed by atoms with Crippen molar-refractivity contribution in [2.24, 2.45) is 0 Å². The molecule has 0 aliphatic carbocycles. The van der Waals surface area contributed by atoms with E-state index < -0.39 is 0 Å². The highest BCUT2D eigenvalue weighted by Gasteiger charge is 2.16. The van der Waals surface area contributed by atoms with E-state index in [9.17, 15) is 0 Å². The van der Waals surface area contributed by atoms with Crippen molar-refractivity contribution in [3.63, 3.8) is 0 Å². The molecule has 0 unspecified atom stereocenters. The molecule has 5 heteroatoms. The van der Waals surface area contributed by atoms with Crippen molar-refractivity contribution in [2.75, 3.05) is 18.5 Å². The van der Waals surface area contributed by atoms with Crippen molar-refractivity contribution in [1.82, 2.24) is 9.97 Å². The number of rotatable bonds is 7. The Balaban J connectivity index is 1.71. The maximum absolute atomic E-state index is 6.05. The van der Waals surface area contributed by atoms with Crippen molar-refractivity contribution in [3.05, 3.63) is 54.6 Å². The van der Waals surface area contributed by atoms with Crippen molar-refractivity contribution >= 4 is 27.9 Å². The van der Waals surface area contributed by atoms with Crippen LogP contribution >= 0.6 is 0 Å². The van der Waals surface area contributed by atoms with Crippen LogP contribution in [0.15, 0.2) is 59.0 Å². The van der Waals surface area contributed by atoms with Crippen LogP contribution < -0.4 is 5.32 Å². The predicted octanol–water partition coefficient (Wildman–Crippen LogP) is 5.27. The first-order valence-electron chi connectivity index (χ1n) is 9.32. The lowest BCUT2D eigenvalue weighted by Gasteiger charge is -2.10. The summed E-state index contributed by atoms with van der Waals surface area (Å²) in [5.41, 5.74) is 3.33. The van der Waals surface area contributed by atoms with Crippen LogP contribution in [0.2, 0.25) is 0 Å². The van der Waals surface area contributed by atoms with Gasteiger partial charge in [-0.25, -0.2) is 9.97 Å². The summed E-state index contributed by atoms with van der Waals surface area (Å²) in [6, 6.07) is 18.0. The minimum absolute atomic E-state index is 0.246. The molecule has 0 fully saturated rings. The van der Waals surface area contributed by atoms with E-state index in [2.05, 4.69) is 5.32 Å². The zero-order valence-electron chi connectivity index (χ0n) is 15.6. The van der Waals surface area contributed by atoms with Crippen LogP contribution in [0.4, 0.5) is 5.82 Å². The largest absolute Gasteiger partial charge is 0.450 e. The van der Waals surface area contributed by atoms with Gasteiger partial charge in [0, 0.05) is 24.1 Å². The molecular weight excluding hydrogens is 338 g/mol. The van der Waals surface area contributed by atoms with Gasteiger partial charge in [-0.1, -0.05) is 42.5 Å². The first-order valence-corrected chi connectivity index (χ1v) is 9.32. The fraction of sp³-hybridized carbons (Fsp3) is 0.273. The van der Waals surface area contributed by atoms with Gasteiger partial charge in [0.1, 0.15) is 11.1 Å². The Labute approximate surface area is 158 Å². The molecule has 4 rings (SSSR count). The summed E-state index contributed by atoms with van der Waals surface area (Å²) in [5.74, 6) is 1.41. The molecule has 27 heavy (non-hydrogen) atoms. The van der Waals surface area contributed by atoms with Crippen LogP contribution in [0, 0.1) is 0 Å². The lowest BCUT2D eigenvalue weighted by Crippen LogP contribution is -2.10. The number of fused-ring (bicyclic) bond motifs is 3. The molecule has 0 atom stereocenters. The van der Waals surface area contributed by atoms with Gasteiger partial charge in [0.2, 0.25) is 0 Å². The number of hydrogen-bond donors (Lipinski definition) is 1. The van der Waals surface area contributed by atoms with Gasteiger partial charge in [0.25, 0.3) is 0 Å². The van der Waals surface area contributed by atoms with E-state index in [1.807, 2.05) is 68.4 Å². The number of anilines is 1. The summed E-state index contributed by atoms with van der Waals surface area (Å²) >= 11 is 0. The highest BCUT2D eigenvalue weighted by atomic mass is 16.5. The molecule has 0 radical (unpaired) electrons. The lowest BCUT2D eigenvalue weighted by molar-refractivity contribution is 0.0787. The fourth-order valence-electron chi connectivity index (χ4n) is 3.03. The Morgan fingerprint density at radius 2 is 1.78 bits per heavy atom. The summed E-state index contributed by atoms with van der Waals surface area (Å²) in [6.07, 6.45) is 1.14. The van der Waals surface area contributed by atoms with Crippen LogP contribution in [0.1, 0.15) is 20.3 Å². The van der Waals surface area contributed by atoms with Crippen molar-refractivity contribution < 1.29 is 9.15 Å². The topological polar surface area (TPSA) is 60.2 Å². The summed E-state index contributed by atoms with van der Waals surface area (Å²) in [5, 5.41) is 4.41. The third-order valence-electron chi connectivity index (χ3n) is 4.32. The quantitative estimate of drug-likeness (QED) is 0.454. The van der Waals surface area contributed by atoms with Gasteiger partial charge in [0.15, 0.2) is 17.2 Å². The summed E-state index contributed by atoms with van der Waals surface area (Å²) < 4.78 is 11.7. The van der Waals surface area contributed by atoms with E-state index >= 15 is 0 Å². The van der Waals surface area contributed by atoms with Crippen molar-refractivity contribution in [2.45, 2.75) is 26.4 Å². The SMILES string of the molecule is CC(C)OCCCNc1nc(-c2ccccc2)nc2c1oc1ccccc12. The second-order valence-corrected chi connectivity index (χ2v) is 6.74. The van der Waals surface area contributed by atoms with E-state index in [-0.39, 0.29) is 6.10 Å². The summed E-state index contributed by atoms with van der Waals surface area (Å²) in [4.78, 5) is 9.53. The molecule has 0 saturated heterocycles. The summed E-state index contributed by atoms with van der Waals surface area (Å²) in [6.45, 7) is 5.55. The third kappa shape index (κ3) is 3.78. The number of hydrogen-bond acceptors (Lipinski definition) is 5. The van der Waals surface area contributed by atoms with Crippen LogP contribution in [-0.4, -0.2) is 29.2 Å². The molecule has 138 valence electrons. The molecule has 5 nitrogen and oxygen atoms in total. The van der Waals surface area contributed by atoms with Crippen LogP contribution in [0.25, 0.3) is 33.5 Å². The first-order chi connectivity index (χ1) is 13.2. The molecule has 2 aromatic carbocycles. The number of ether oxygens (including phenoxy) is 1. The van der Waals surface area contributed by atoms with Crippen LogP contribution in [0.5, 0.6) is 0 Å². The van der Waals surface area contributed by atoms with Gasteiger partial charge >= 0.3 is 0 Å². The van der Waals surface area contributed by atoms with E-state index in [4.69, 9.17) is 19.1 Å². The van der Waals surface area contributed by atoms with Crippen LogP contribution in [-0.2, 0) is 4.74 Å². The van der Waals surface area contributed by atoms with E-state index in [0.29, 0.717) is 18.0 Å². The number of benzene rings is 2. The monoisotopic (exact) mass is 361 g/mol. The Hall–Kier alpha value is -2.92. The molecule has 4 aromatic rings. The fourth-order valence-corrected chi connectivity index (χ4v) is 3.03. The zero-order valence-corrected chi connectivity index (χ0v) is 15.6. The molecule has 0 amide bonds. The van der Waals surface area contributed by atoms with Gasteiger partial charge < -0.3 is 14.5 Å². The summed E-state index contributed by atoms with van der Waals surface area (Å²) in [7, 11) is 0. The number of nitrogens with zero attached hydrogens (tertiary/aromatic N) is 2.